The van der Waals surface area contributed by atoms with Gasteiger partial charge in [-0.25, -0.2) is 0 Å². The van der Waals surface area contributed by atoms with Crippen molar-refractivity contribution in [3.05, 3.63) is 194 Å². The van der Waals surface area contributed by atoms with E-state index >= 15 is 0 Å². The van der Waals surface area contributed by atoms with Gasteiger partial charge in [-0.2, -0.15) is 0 Å². The summed E-state index contributed by atoms with van der Waals surface area (Å²) >= 11 is 0. The van der Waals surface area contributed by atoms with Gasteiger partial charge in [-0.1, -0.05) is 129 Å². The van der Waals surface area contributed by atoms with Crippen LogP contribution in [0.2, 0.25) is 0 Å². The Labute approximate surface area is 315 Å². The normalized spacial score (nSPS) is 11.2. The predicted octanol–water partition coefficient (Wildman–Crippen LogP) is 14.4. The molecular formula is C51H40N2O. The molecule has 0 aliphatic carbocycles. The van der Waals surface area contributed by atoms with E-state index in [0.717, 1.165) is 27.9 Å². The second kappa shape index (κ2) is 13.9. The van der Waals surface area contributed by atoms with Gasteiger partial charge in [-0.15, -0.1) is 0 Å². The van der Waals surface area contributed by atoms with Crippen LogP contribution in [-0.4, -0.2) is 9.13 Å². The van der Waals surface area contributed by atoms with Crippen LogP contribution in [-0.2, 0) is 0 Å². The molecule has 0 atom stereocenters. The summed E-state index contributed by atoms with van der Waals surface area (Å²) < 4.78 is 11.0. The Bertz CT molecular complexity index is 3030. The fraction of sp³-hybridized carbons (Fsp3) is 0.0588. The molecule has 0 aliphatic heterocycles. The lowest BCUT2D eigenvalue weighted by atomic mass is 10.0. The second-order valence-electron chi connectivity index (χ2n) is 13.4. The molecule has 0 bridgehead atoms. The Morgan fingerprint density at radius 3 is 1.65 bits per heavy atom. The first-order valence-electron chi connectivity index (χ1n) is 18.8. The maximum Gasteiger partial charge on any atom is 0.134 e. The Morgan fingerprint density at radius 1 is 0.389 bits per heavy atom. The van der Waals surface area contributed by atoms with Crippen LogP contribution in [0.4, 0.5) is 0 Å². The zero-order chi connectivity index (χ0) is 36.6. The van der Waals surface area contributed by atoms with E-state index in [4.69, 9.17) is 4.42 Å². The van der Waals surface area contributed by atoms with E-state index in [2.05, 4.69) is 179 Å². The predicted molar refractivity (Wildman–Crippen MR) is 229 cm³/mol. The third kappa shape index (κ3) is 5.62. The van der Waals surface area contributed by atoms with Gasteiger partial charge in [0, 0.05) is 38.2 Å². The standard InChI is InChI=1S/C49H34N2O.C2H6/c1-33-23-27-38(28-24-35-15-5-12-22-49(35)52-33)50-45-20-10-7-17-40(45)42-31-36(25-29-47(42)50)37-26-30-48-43(32-37)41-18-8-11-21-46(41)51(48)44-19-9-6-16-39(44)34-13-3-2-4-14-34;1-2/h2-32H,1H3;1-2H3. The number of aryl methyl sites for hydroxylation is 1. The SMILES string of the molecule is CC.Cc1ccc(-n2c3ccccc3c3cc(-c4ccc5c(c4)c4ccccc4n5-c4ccccc4-c4ccccc4)ccc32)ccc2ccccc2o1. The minimum atomic E-state index is 0.844. The fourth-order valence-corrected chi connectivity index (χ4v) is 7.87. The molecule has 0 amide bonds. The number of aromatic nitrogens is 2. The third-order valence-corrected chi connectivity index (χ3v) is 10.3. The molecule has 3 heterocycles. The van der Waals surface area contributed by atoms with Gasteiger partial charge < -0.3 is 13.6 Å². The summed E-state index contributed by atoms with van der Waals surface area (Å²) in [5.41, 5.74) is 12.6. The summed E-state index contributed by atoms with van der Waals surface area (Å²) in [5.74, 6) is 0.844. The van der Waals surface area contributed by atoms with Gasteiger partial charge >= 0.3 is 0 Å². The van der Waals surface area contributed by atoms with Crippen molar-refractivity contribution in [3.63, 3.8) is 0 Å². The topological polar surface area (TPSA) is 23.0 Å². The van der Waals surface area contributed by atoms with Gasteiger partial charge in [0.25, 0.3) is 0 Å². The number of benzene rings is 7. The molecule has 10 aromatic rings. The van der Waals surface area contributed by atoms with Crippen LogP contribution in [0.15, 0.2) is 192 Å². The van der Waals surface area contributed by atoms with E-state index < -0.39 is 0 Å². The van der Waals surface area contributed by atoms with Gasteiger partial charge in [0.15, 0.2) is 0 Å². The first-order chi connectivity index (χ1) is 26.7. The van der Waals surface area contributed by atoms with Crippen molar-refractivity contribution < 1.29 is 4.42 Å². The van der Waals surface area contributed by atoms with Gasteiger partial charge in [-0.3, -0.25) is 0 Å². The average molecular weight is 697 g/mol. The molecule has 0 radical (unpaired) electrons. The highest BCUT2D eigenvalue weighted by Crippen LogP contribution is 2.39. The number of rotatable bonds is 4. The Hall–Kier alpha value is -6.84. The lowest BCUT2D eigenvalue weighted by Gasteiger charge is -2.14. The highest BCUT2D eigenvalue weighted by atomic mass is 16.3. The second-order valence-corrected chi connectivity index (χ2v) is 13.4. The average Bonchev–Trinajstić information content (AvgIpc) is 3.76. The van der Waals surface area contributed by atoms with Crippen LogP contribution >= 0.6 is 0 Å². The molecular weight excluding hydrogens is 657 g/mol. The molecule has 3 nitrogen and oxygen atoms in total. The zero-order valence-corrected chi connectivity index (χ0v) is 30.7. The fourth-order valence-electron chi connectivity index (χ4n) is 7.87. The van der Waals surface area contributed by atoms with Crippen molar-refractivity contribution in [1.82, 2.24) is 9.13 Å². The van der Waals surface area contributed by atoms with Crippen molar-refractivity contribution in [3.8, 4) is 33.6 Å². The molecule has 10 rings (SSSR count). The molecule has 3 aromatic heterocycles. The van der Waals surface area contributed by atoms with Crippen molar-refractivity contribution in [2.45, 2.75) is 20.8 Å². The zero-order valence-electron chi connectivity index (χ0n) is 30.7. The third-order valence-electron chi connectivity index (χ3n) is 10.3. The van der Waals surface area contributed by atoms with Crippen LogP contribution in [0.3, 0.4) is 0 Å². The minimum Gasteiger partial charge on any atom is -0.461 e. The van der Waals surface area contributed by atoms with Crippen LogP contribution in [0.25, 0.3) is 88.2 Å². The first kappa shape index (κ1) is 33.0. The molecule has 260 valence electrons. The highest BCUT2D eigenvalue weighted by molar-refractivity contribution is 6.13. The van der Waals surface area contributed by atoms with Gasteiger partial charge in [0.1, 0.15) is 11.3 Å². The maximum atomic E-state index is 6.19. The van der Waals surface area contributed by atoms with Gasteiger partial charge in [0.2, 0.25) is 0 Å². The molecule has 0 aliphatic rings. The van der Waals surface area contributed by atoms with E-state index in [0.29, 0.717) is 0 Å². The van der Waals surface area contributed by atoms with Crippen LogP contribution in [0, 0.1) is 6.92 Å². The molecule has 0 spiro atoms. The molecule has 3 heteroatoms. The summed E-state index contributed by atoms with van der Waals surface area (Å²) in [6.45, 7) is 6.00. The molecule has 0 saturated carbocycles. The van der Waals surface area contributed by atoms with Crippen LogP contribution in [0.1, 0.15) is 19.6 Å². The van der Waals surface area contributed by atoms with Crippen molar-refractivity contribution in [2.75, 3.05) is 0 Å². The molecule has 54 heavy (non-hydrogen) atoms. The largest absolute Gasteiger partial charge is 0.461 e. The smallest absolute Gasteiger partial charge is 0.134 e. The summed E-state index contributed by atoms with van der Waals surface area (Å²) in [6, 6.07) is 67.4. The van der Waals surface area contributed by atoms with E-state index in [-0.39, 0.29) is 0 Å². The van der Waals surface area contributed by atoms with Crippen molar-refractivity contribution in [2.24, 2.45) is 0 Å². The molecule has 0 saturated heterocycles. The van der Waals surface area contributed by atoms with E-state index in [1.165, 1.54) is 66.0 Å². The van der Waals surface area contributed by atoms with Crippen molar-refractivity contribution in [1.29, 1.82) is 0 Å². The van der Waals surface area contributed by atoms with Gasteiger partial charge in [0.05, 0.1) is 27.8 Å². The lowest BCUT2D eigenvalue weighted by molar-refractivity contribution is 0.569. The monoisotopic (exact) mass is 696 g/mol. The Kier molecular flexibility index (Phi) is 8.53. The summed E-state index contributed by atoms with van der Waals surface area (Å²) in [5, 5.41) is 5.98. The van der Waals surface area contributed by atoms with E-state index in [1.54, 1.807) is 0 Å². The number of nitrogens with zero attached hydrogens (tertiary/aromatic N) is 2. The number of hydrogen-bond donors (Lipinski definition) is 0. The van der Waals surface area contributed by atoms with E-state index in [1.807, 2.05) is 39.0 Å². The lowest BCUT2D eigenvalue weighted by Crippen LogP contribution is -1.97. The summed E-state index contributed by atoms with van der Waals surface area (Å²) in [6.07, 6.45) is 0. The van der Waals surface area contributed by atoms with Crippen molar-refractivity contribution >= 4 is 54.6 Å². The highest BCUT2D eigenvalue weighted by Gasteiger charge is 2.17. The maximum absolute atomic E-state index is 6.19. The summed E-state index contributed by atoms with van der Waals surface area (Å²) in [4.78, 5) is 0. The minimum absolute atomic E-state index is 0.844. The molecule has 0 N–H and O–H groups in total. The number of para-hydroxylation sites is 4. The summed E-state index contributed by atoms with van der Waals surface area (Å²) in [7, 11) is 0. The number of fused-ring (bicyclic) bond motifs is 7. The van der Waals surface area contributed by atoms with Gasteiger partial charge in [-0.05, 0) is 96.4 Å². The Morgan fingerprint density at radius 2 is 0.926 bits per heavy atom. The molecule has 0 unspecified atom stereocenters. The number of hydrogen-bond acceptors (Lipinski definition) is 1. The Balaban J connectivity index is 0.00000189. The van der Waals surface area contributed by atoms with Crippen LogP contribution in [0.5, 0.6) is 0 Å². The quantitative estimate of drug-likeness (QED) is 0.180. The first-order valence-corrected chi connectivity index (χ1v) is 18.8. The van der Waals surface area contributed by atoms with E-state index in [9.17, 15) is 0 Å². The molecule has 7 aromatic carbocycles. The molecule has 0 fully saturated rings. The van der Waals surface area contributed by atoms with Crippen LogP contribution < -0.4 is 0 Å².